The van der Waals surface area contributed by atoms with Crippen LogP contribution in [0.4, 0.5) is 0 Å². The van der Waals surface area contributed by atoms with E-state index in [1.807, 2.05) is 0 Å². The van der Waals surface area contributed by atoms with Gasteiger partial charge in [-0.25, -0.2) is 0 Å². The fourth-order valence-corrected chi connectivity index (χ4v) is 2.25. The molecule has 1 heteroatoms. The molecule has 0 aliphatic heterocycles. The molecule has 0 bridgehead atoms. The molecule has 1 aromatic carbocycles. The first-order valence-corrected chi connectivity index (χ1v) is 5.23. The number of carbonyl (C=O) groups is 1. The van der Waals surface area contributed by atoms with E-state index in [0.717, 1.165) is 12.8 Å². The van der Waals surface area contributed by atoms with E-state index in [9.17, 15) is 4.79 Å². The van der Waals surface area contributed by atoms with Gasteiger partial charge in [-0.15, -0.1) is 0 Å². The molecule has 2 rings (SSSR count). The molecule has 0 radical (unpaired) electrons. The van der Waals surface area contributed by atoms with Crippen molar-refractivity contribution >= 4 is 5.78 Å². The summed E-state index contributed by atoms with van der Waals surface area (Å²) in [5.41, 5.74) is 2.34. The molecule has 1 nitrogen and oxygen atoms in total. The van der Waals surface area contributed by atoms with Gasteiger partial charge in [0.2, 0.25) is 0 Å². The summed E-state index contributed by atoms with van der Waals surface area (Å²) in [4.78, 5) is 11.6. The highest BCUT2D eigenvalue weighted by molar-refractivity contribution is 5.89. The SMILES string of the molecule is CC(=O)C1(c2ccc(C)cc2)CCC1. The van der Waals surface area contributed by atoms with Crippen LogP contribution in [-0.4, -0.2) is 5.78 Å². The zero-order valence-electron chi connectivity index (χ0n) is 8.84. The number of ketones is 1. The molecule has 14 heavy (non-hydrogen) atoms. The van der Waals surface area contributed by atoms with Gasteiger partial charge < -0.3 is 0 Å². The minimum absolute atomic E-state index is 0.131. The maximum atomic E-state index is 11.6. The molecule has 0 N–H and O–H groups in total. The van der Waals surface area contributed by atoms with Crippen LogP contribution in [-0.2, 0) is 10.2 Å². The van der Waals surface area contributed by atoms with E-state index in [1.165, 1.54) is 17.5 Å². The summed E-state index contributed by atoms with van der Waals surface area (Å²) in [6.45, 7) is 3.80. The Hall–Kier alpha value is -1.11. The predicted octanol–water partition coefficient (Wildman–Crippen LogP) is 3.01. The Morgan fingerprint density at radius 2 is 1.79 bits per heavy atom. The fraction of sp³-hybridized carbons (Fsp3) is 0.462. The molecule has 0 atom stereocenters. The van der Waals surface area contributed by atoms with Crippen LogP contribution in [0.15, 0.2) is 24.3 Å². The van der Waals surface area contributed by atoms with Crippen molar-refractivity contribution in [2.75, 3.05) is 0 Å². The van der Waals surface area contributed by atoms with Gasteiger partial charge >= 0.3 is 0 Å². The van der Waals surface area contributed by atoms with Gasteiger partial charge in [0.1, 0.15) is 5.78 Å². The smallest absolute Gasteiger partial charge is 0.140 e. The van der Waals surface area contributed by atoms with E-state index >= 15 is 0 Å². The second-order valence-corrected chi connectivity index (χ2v) is 4.36. The Balaban J connectivity index is 2.37. The minimum Gasteiger partial charge on any atom is -0.299 e. The van der Waals surface area contributed by atoms with Crippen LogP contribution in [0, 0.1) is 6.92 Å². The number of benzene rings is 1. The molecule has 0 saturated heterocycles. The molecular formula is C13H16O. The quantitative estimate of drug-likeness (QED) is 0.697. The van der Waals surface area contributed by atoms with Gasteiger partial charge in [0.25, 0.3) is 0 Å². The molecular weight excluding hydrogens is 172 g/mol. The molecule has 0 heterocycles. The Morgan fingerprint density at radius 1 is 1.21 bits per heavy atom. The van der Waals surface area contributed by atoms with Crippen molar-refractivity contribution in [2.45, 2.75) is 38.5 Å². The third kappa shape index (κ3) is 1.28. The summed E-state index contributed by atoms with van der Waals surface area (Å²) >= 11 is 0. The number of Topliss-reactive ketones (excluding diaryl/α,β-unsaturated/α-hetero) is 1. The van der Waals surface area contributed by atoms with E-state index in [-0.39, 0.29) is 5.41 Å². The van der Waals surface area contributed by atoms with Crippen molar-refractivity contribution in [3.05, 3.63) is 35.4 Å². The molecule has 1 aromatic rings. The standard InChI is InChI=1S/C13H16O/c1-10-4-6-12(7-5-10)13(11(2)14)8-3-9-13/h4-7H,3,8-9H2,1-2H3. The van der Waals surface area contributed by atoms with Crippen LogP contribution in [0.25, 0.3) is 0 Å². The molecule has 74 valence electrons. The summed E-state index contributed by atoms with van der Waals surface area (Å²) in [6, 6.07) is 8.41. The third-order valence-electron chi connectivity index (χ3n) is 3.49. The number of rotatable bonds is 2. The van der Waals surface area contributed by atoms with E-state index in [2.05, 4.69) is 31.2 Å². The molecule has 0 unspecified atom stereocenters. The summed E-state index contributed by atoms with van der Waals surface area (Å²) in [5, 5.41) is 0. The molecule has 0 aromatic heterocycles. The highest BCUT2D eigenvalue weighted by Gasteiger charge is 2.42. The molecule has 1 fully saturated rings. The number of aryl methyl sites for hydroxylation is 1. The zero-order chi connectivity index (χ0) is 10.2. The summed E-state index contributed by atoms with van der Waals surface area (Å²) in [5.74, 6) is 0.326. The molecule has 0 spiro atoms. The highest BCUT2D eigenvalue weighted by Crippen LogP contribution is 2.44. The molecule has 1 saturated carbocycles. The maximum Gasteiger partial charge on any atom is 0.140 e. The van der Waals surface area contributed by atoms with Crippen LogP contribution >= 0.6 is 0 Å². The average molecular weight is 188 g/mol. The molecule has 1 aliphatic rings. The Bertz CT molecular complexity index is 344. The lowest BCUT2D eigenvalue weighted by Gasteiger charge is -2.40. The van der Waals surface area contributed by atoms with Crippen molar-refractivity contribution in [1.82, 2.24) is 0 Å². The first-order valence-electron chi connectivity index (χ1n) is 5.23. The van der Waals surface area contributed by atoms with Gasteiger partial charge in [-0.2, -0.15) is 0 Å². The third-order valence-corrected chi connectivity index (χ3v) is 3.49. The van der Waals surface area contributed by atoms with Crippen molar-refractivity contribution < 1.29 is 4.79 Å². The second kappa shape index (κ2) is 3.23. The van der Waals surface area contributed by atoms with E-state index in [4.69, 9.17) is 0 Å². The van der Waals surface area contributed by atoms with Crippen LogP contribution in [0.5, 0.6) is 0 Å². The van der Waals surface area contributed by atoms with Gasteiger partial charge in [-0.05, 0) is 32.3 Å². The second-order valence-electron chi connectivity index (χ2n) is 4.36. The maximum absolute atomic E-state index is 11.6. The van der Waals surface area contributed by atoms with Crippen molar-refractivity contribution in [3.63, 3.8) is 0 Å². The number of carbonyl (C=O) groups excluding carboxylic acids is 1. The Labute approximate surface area is 85.1 Å². The van der Waals surface area contributed by atoms with E-state index in [0.29, 0.717) is 5.78 Å². The highest BCUT2D eigenvalue weighted by atomic mass is 16.1. The lowest BCUT2D eigenvalue weighted by molar-refractivity contribution is -0.125. The van der Waals surface area contributed by atoms with Crippen molar-refractivity contribution in [2.24, 2.45) is 0 Å². The lowest BCUT2D eigenvalue weighted by Crippen LogP contribution is -2.40. The van der Waals surface area contributed by atoms with E-state index < -0.39 is 0 Å². The molecule has 1 aliphatic carbocycles. The van der Waals surface area contributed by atoms with Crippen LogP contribution in [0.2, 0.25) is 0 Å². The number of hydrogen-bond donors (Lipinski definition) is 0. The van der Waals surface area contributed by atoms with Gasteiger partial charge in [0.15, 0.2) is 0 Å². The average Bonchev–Trinajstić information content (AvgIpc) is 2.05. The topological polar surface area (TPSA) is 17.1 Å². The van der Waals surface area contributed by atoms with E-state index in [1.54, 1.807) is 6.92 Å². The normalized spacial score (nSPS) is 18.7. The molecule has 0 amide bonds. The Kier molecular flexibility index (Phi) is 2.18. The first-order chi connectivity index (χ1) is 6.65. The van der Waals surface area contributed by atoms with Crippen molar-refractivity contribution in [1.29, 1.82) is 0 Å². The van der Waals surface area contributed by atoms with Crippen LogP contribution in [0.3, 0.4) is 0 Å². The summed E-state index contributed by atoms with van der Waals surface area (Å²) in [6.07, 6.45) is 3.25. The van der Waals surface area contributed by atoms with Gasteiger partial charge in [0, 0.05) is 0 Å². The lowest BCUT2D eigenvalue weighted by atomic mass is 9.62. The van der Waals surface area contributed by atoms with Gasteiger partial charge in [-0.3, -0.25) is 4.79 Å². The summed E-state index contributed by atoms with van der Waals surface area (Å²) < 4.78 is 0. The van der Waals surface area contributed by atoms with Crippen LogP contribution in [0.1, 0.15) is 37.3 Å². The summed E-state index contributed by atoms with van der Waals surface area (Å²) in [7, 11) is 0. The largest absolute Gasteiger partial charge is 0.299 e. The fourth-order valence-electron chi connectivity index (χ4n) is 2.25. The Morgan fingerprint density at radius 3 is 2.14 bits per heavy atom. The monoisotopic (exact) mass is 188 g/mol. The van der Waals surface area contributed by atoms with Crippen molar-refractivity contribution in [3.8, 4) is 0 Å². The first kappa shape index (κ1) is 9.45. The van der Waals surface area contributed by atoms with Crippen LogP contribution < -0.4 is 0 Å². The minimum atomic E-state index is -0.131. The predicted molar refractivity (Wildman–Crippen MR) is 57.4 cm³/mol. The number of hydrogen-bond acceptors (Lipinski definition) is 1. The zero-order valence-corrected chi connectivity index (χ0v) is 8.84. The van der Waals surface area contributed by atoms with Gasteiger partial charge in [-0.1, -0.05) is 36.2 Å². The van der Waals surface area contributed by atoms with Gasteiger partial charge in [0.05, 0.1) is 5.41 Å².